The Bertz CT molecular complexity index is 263. The second-order valence-electron chi connectivity index (χ2n) is 5.46. The molecule has 2 fully saturated rings. The third-order valence-corrected chi connectivity index (χ3v) is 4.29. The molecule has 3 unspecified atom stereocenters. The van der Waals surface area contributed by atoms with E-state index in [9.17, 15) is 4.79 Å². The second-order valence-corrected chi connectivity index (χ2v) is 5.46. The van der Waals surface area contributed by atoms with E-state index in [1.54, 1.807) is 0 Å². The van der Waals surface area contributed by atoms with Gasteiger partial charge in [0.25, 0.3) is 0 Å². The van der Waals surface area contributed by atoms with Crippen LogP contribution in [0, 0.1) is 11.8 Å². The summed E-state index contributed by atoms with van der Waals surface area (Å²) in [4.78, 5) is 13.5. The minimum absolute atomic E-state index is 0.108. The Labute approximate surface area is 97.8 Å². The maximum Gasteiger partial charge on any atom is 0.306 e. The van der Waals surface area contributed by atoms with E-state index >= 15 is 0 Å². The first-order valence-corrected chi connectivity index (χ1v) is 6.62. The monoisotopic (exact) mass is 225 g/mol. The largest absolute Gasteiger partial charge is 0.481 e. The normalized spacial score (nSPS) is 33.6. The Morgan fingerprint density at radius 1 is 1.44 bits per heavy atom. The fourth-order valence-electron chi connectivity index (χ4n) is 3.23. The molecule has 3 heteroatoms. The third kappa shape index (κ3) is 2.40. The van der Waals surface area contributed by atoms with E-state index in [0.29, 0.717) is 12.1 Å². The number of carboxylic acid groups (broad SMARTS) is 1. The number of aliphatic carboxylic acids is 1. The third-order valence-electron chi connectivity index (χ3n) is 4.29. The first kappa shape index (κ1) is 11.9. The number of likely N-dealkylation sites (tertiary alicyclic amines) is 1. The highest BCUT2D eigenvalue weighted by Gasteiger charge is 2.39. The van der Waals surface area contributed by atoms with Gasteiger partial charge in [-0.15, -0.1) is 0 Å². The van der Waals surface area contributed by atoms with Crippen LogP contribution in [0.4, 0.5) is 0 Å². The van der Waals surface area contributed by atoms with Crippen molar-refractivity contribution in [2.24, 2.45) is 11.8 Å². The zero-order valence-corrected chi connectivity index (χ0v) is 10.4. The molecule has 92 valence electrons. The molecule has 1 aliphatic heterocycles. The molecule has 3 atom stereocenters. The molecule has 0 aromatic rings. The van der Waals surface area contributed by atoms with Crippen LogP contribution in [0.1, 0.15) is 46.0 Å². The zero-order chi connectivity index (χ0) is 11.7. The van der Waals surface area contributed by atoms with Gasteiger partial charge >= 0.3 is 5.97 Å². The summed E-state index contributed by atoms with van der Waals surface area (Å²) < 4.78 is 0. The van der Waals surface area contributed by atoms with Crippen LogP contribution in [-0.2, 0) is 4.79 Å². The van der Waals surface area contributed by atoms with Crippen LogP contribution < -0.4 is 0 Å². The molecular formula is C13H23NO2. The van der Waals surface area contributed by atoms with Gasteiger partial charge in [0.1, 0.15) is 0 Å². The highest BCUT2D eigenvalue weighted by Crippen LogP contribution is 2.39. The predicted octanol–water partition coefficient (Wildman–Crippen LogP) is 2.36. The minimum Gasteiger partial charge on any atom is -0.481 e. The summed E-state index contributed by atoms with van der Waals surface area (Å²) in [5.74, 6) is 0.183. The van der Waals surface area contributed by atoms with Gasteiger partial charge in [0, 0.05) is 12.1 Å². The van der Waals surface area contributed by atoms with Crippen LogP contribution in [0.3, 0.4) is 0 Å². The smallest absolute Gasteiger partial charge is 0.306 e. The summed E-state index contributed by atoms with van der Waals surface area (Å²) in [5, 5.41) is 9.04. The maximum absolute atomic E-state index is 11.0. The van der Waals surface area contributed by atoms with E-state index in [1.807, 2.05) is 0 Å². The van der Waals surface area contributed by atoms with Crippen LogP contribution in [0.5, 0.6) is 0 Å². The van der Waals surface area contributed by atoms with Crippen molar-refractivity contribution in [2.75, 3.05) is 6.54 Å². The molecule has 16 heavy (non-hydrogen) atoms. The molecule has 0 aromatic carbocycles. The zero-order valence-electron chi connectivity index (χ0n) is 10.4. The molecule has 1 saturated heterocycles. The molecule has 1 heterocycles. The van der Waals surface area contributed by atoms with Crippen LogP contribution in [0.25, 0.3) is 0 Å². The van der Waals surface area contributed by atoms with E-state index in [4.69, 9.17) is 5.11 Å². The highest BCUT2D eigenvalue weighted by molar-refractivity contribution is 5.70. The van der Waals surface area contributed by atoms with Crippen molar-refractivity contribution in [1.82, 2.24) is 4.90 Å². The lowest BCUT2D eigenvalue weighted by Gasteiger charge is -2.41. The molecule has 1 aliphatic carbocycles. The average Bonchev–Trinajstić information content (AvgIpc) is 3.05. The lowest BCUT2D eigenvalue weighted by Crippen LogP contribution is -2.48. The molecular weight excluding hydrogens is 202 g/mol. The van der Waals surface area contributed by atoms with Crippen molar-refractivity contribution in [2.45, 2.75) is 58.0 Å². The van der Waals surface area contributed by atoms with Crippen LogP contribution in [-0.4, -0.2) is 34.6 Å². The fraction of sp³-hybridized carbons (Fsp3) is 0.923. The minimum atomic E-state index is -0.606. The number of nitrogens with zero attached hydrogens (tertiary/aromatic N) is 1. The van der Waals surface area contributed by atoms with E-state index in [0.717, 1.165) is 25.3 Å². The van der Waals surface area contributed by atoms with Crippen LogP contribution in [0.15, 0.2) is 0 Å². The first-order valence-electron chi connectivity index (χ1n) is 6.62. The molecule has 2 rings (SSSR count). The molecule has 0 aromatic heterocycles. The van der Waals surface area contributed by atoms with Gasteiger partial charge in [-0.1, -0.05) is 6.92 Å². The van der Waals surface area contributed by atoms with Gasteiger partial charge in [0.2, 0.25) is 0 Å². The van der Waals surface area contributed by atoms with Crippen molar-refractivity contribution in [1.29, 1.82) is 0 Å². The number of carboxylic acids is 1. The highest BCUT2D eigenvalue weighted by atomic mass is 16.4. The number of hydrogen-bond donors (Lipinski definition) is 1. The topological polar surface area (TPSA) is 40.5 Å². The van der Waals surface area contributed by atoms with Crippen molar-refractivity contribution in [3.8, 4) is 0 Å². The number of carbonyl (C=O) groups is 1. The lowest BCUT2D eigenvalue weighted by molar-refractivity contribution is -0.144. The summed E-state index contributed by atoms with van der Waals surface area (Å²) in [6.45, 7) is 5.44. The first-order chi connectivity index (χ1) is 7.63. The Hall–Kier alpha value is -0.570. The predicted molar refractivity (Wildman–Crippen MR) is 63.3 cm³/mol. The van der Waals surface area contributed by atoms with Crippen LogP contribution in [0.2, 0.25) is 0 Å². The Morgan fingerprint density at radius 2 is 2.12 bits per heavy atom. The van der Waals surface area contributed by atoms with Gasteiger partial charge in [0.05, 0.1) is 5.92 Å². The number of rotatable bonds is 4. The summed E-state index contributed by atoms with van der Waals surface area (Å²) in [6.07, 6.45) is 5.64. The van der Waals surface area contributed by atoms with E-state index < -0.39 is 5.97 Å². The number of hydrogen-bond acceptors (Lipinski definition) is 2. The molecule has 1 N–H and O–H groups in total. The fourth-order valence-corrected chi connectivity index (χ4v) is 3.23. The molecule has 0 spiro atoms. The second kappa shape index (κ2) is 4.74. The van der Waals surface area contributed by atoms with E-state index in [1.165, 1.54) is 19.3 Å². The van der Waals surface area contributed by atoms with Crippen molar-refractivity contribution in [3.63, 3.8) is 0 Å². The van der Waals surface area contributed by atoms with Gasteiger partial charge in [-0.25, -0.2) is 0 Å². The standard InChI is InChI=1S/C13H23NO2/c1-3-12(10-4-5-10)14-7-6-11(13(15)16)8-9(14)2/h9-12H,3-8H2,1-2H3,(H,15,16). The Morgan fingerprint density at radius 3 is 2.56 bits per heavy atom. The van der Waals surface area contributed by atoms with Gasteiger partial charge in [0.15, 0.2) is 0 Å². The van der Waals surface area contributed by atoms with Crippen molar-refractivity contribution < 1.29 is 9.90 Å². The molecule has 3 nitrogen and oxygen atoms in total. The van der Waals surface area contributed by atoms with Crippen LogP contribution >= 0.6 is 0 Å². The lowest BCUT2D eigenvalue weighted by atomic mass is 9.89. The van der Waals surface area contributed by atoms with Gasteiger partial charge in [-0.05, 0) is 51.5 Å². The molecule has 0 bridgehead atoms. The van der Waals surface area contributed by atoms with Gasteiger partial charge in [-0.3, -0.25) is 9.69 Å². The Kier molecular flexibility index (Phi) is 3.53. The summed E-state index contributed by atoms with van der Waals surface area (Å²) in [7, 11) is 0. The molecule has 2 aliphatic rings. The molecule has 0 amide bonds. The van der Waals surface area contributed by atoms with Crippen molar-refractivity contribution in [3.05, 3.63) is 0 Å². The summed E-state index contributed by atoms with van der Waals surface area (Å²) in [5.41, 5.74) is 0. The van der Waals surface area contributed by atoms with Gasteiger partial charge < -0.3 is 5.11 Å². The van der Waals surface area contributed by atoms with E-state index in [2.05, 4.69) is 18.7 Å². The Balaban J connectivity index is 1.94. The quantitative estimate of drug-likeness (QED) is 0.798. The van der Waals surface area contributed by atoms with Crippen molar-refractivity contribution >= 4 is 5.97 Å². The molecule has 0 radical (unpaired) electrons. The summed E-state index contributed by atoms with van der Waals surface area (Å²) >= 11 is 0. The van der Waals surface area contributed by atoms with Gasteiger partial charge in [-0.2, -0.15) is 0 Å². The number of piperidine rings is 1. The van der Waals surface area contributed by atoms with E-state index in [-0.39, 0.29) is 5.92 Å². The maximum atomic E-state index is 11.0. The molecule has 1 saturated carbocycles. The SMILES string of the molecule is CCC(C1CC1)N1CCC(C(=O)O)CC1C. The average molecular weight is 225 g/mol. The summed E-state index contributed by atoms with van der Waals surface area (Å²) in [6, 6.07) is 1.16.